The molecule has 3 aromatic heterocycles. The van der Waals surface area contributed by atoms with Crippen molar-refractivity contribution in [3.05, 3.63) is 188 Å². The molecule has 10 rings (SSSR count). The molecule has 0 fully saturated rings. The first kappa shape index (κ1) is 29.0. The maximum absolute atomic E-state index is 6.52. The quantitative estimate of drug-likeness (QED) is 0.179. The Morgan fingerprint density at radius 2 is 1.06 bits per heavy atom. The van der Waals surface area contributed by atoms with E-state index in [1.807, 2.05) is 18.3 Å². The molecule has 0 saturated heterocycles. The summed E-state index contributed by atoms with van der Waals surface area (Å²) in [6.07, 6.45) is 3.61. The summed E-state index contributed by atoms with van der Waals surface area (Å²) >= 11 is 0. The Bertz CT molecular complexity index is 2800. The zero-order chi connectivity index (χ0) is 33.7. The molecule has 10 aromatic rings. The average molecular weight is 654 g/mol. The molecule has 0 unspecified atom stereocenters. The fraction of sp³-hybridized carbons (Fsp3) is 0. The molecule has 0 saturated carbocycles. The molecular weight excluding hydrogens is 623 g/mol. The standard InChI is InChI=1S/C47H31N3O/c1-2-10-32(11-3-1)33-20-24-36(25-21-33)49(45-19-9-16-42-41-28-29-48-31-46(41)51-47(42)45)38-13-8-12-35(30-38)34-22-26-37(27-23-34)50-43-17-6-4-14-39(43)40-15-5-7-18-44(40)50/h1-31H. The van der Waals surface area contributed by atoms with Crippen LogP contribution in [0.1, 0.15) is 0 Å². The molecule has 0 bridgehead atoms. The van der Waals surface area contributed by atoms with Gasteiger partial charge in [-0.2, -0.15) is 0 Å². The topological polar surface area (TPSA) is 34.2 Å². The molecule has 0 radical (unpaired) electrons. The van der Waals surface area contributed by atoms with Crippen molar-refractivity contribution in [2.45, 2.75) is 0 Å². The van der Waals surface area contributed by atoms with E-state index in [9.17, 15) is 0 Å². The van der Waals surface area contributed by atoms with E-state index in [0.29, 0.717) is 0 Å². The second kappa shape index (κ2) is 11.9. The molecule has 0 aliphatic heterocycles. The van der Waals surface area contributed by atoms with Gasteiger partial charge in [0, 0.05) is 44.8 Å². The SMILES string of the molecule is c1ccc(-c2ccc(N(c3cccc(-c4ccc(-n5c6ccccc6c6ccccc65)cc4)c3)c3cccc4c3oc3cnccc34)cc2)cc1. The van der Waals surface area contributed by atoms with Gasteiger partial charge in [-0.1, -0.05) is 115 Å². The maximum Gasteiger partial charge on any atom is 0.159 e. The number of pyridine rings is 1. The third-order valence-electron chi connectivity index (χ3n) is 9.90. The van der Waals surface area contributed by atoms with Crippen molar-refractivity contribution in [2.75, 3.05) is 4.90 Å². The first-order valence-electron chi connectivity index (χ1n) is 17.2. The van der Waals surface area contributed by atoms with Gasteiger partial charge < -0.3 is 13.9 Å². The lowest BCUT2D eigenvalue weighted by Gasteiger charge is -2.26. The monoisotopic (exact) mass is 653 g/mol. The molecule has 240 valence electrons. The Labute approximate surface area is 295 Å². The van der Waals surface area contributed by atoms with Gasteiger partial charge in [0.2, 0.25) is 0 Å². The molecule has 0 atom stereocenters. The second-order valence-electron chi connectivity index (χ2n) is 12.8. The van der Waals surface area contributed by atoms with Crippen LogP contribution in [0.3, 0.4) is 0 Å². The van der Waals surface area contributed by atoms with E-state index in [1.165, 1.54) is 32.9 Å². The number of furan rings is 1. The van der Waals surface area contributed by atoms with E-state index < -0.39 is 0 Å². The first-order valence-corrected chi connectivity index (χ1v) is 17.2. The normalized spacial score (nSPS) is 11.5. The predicted octanol–water partition coefficient (Wildman–Crippen LogP) is 12.9. The number of para-hydroxylation sites is 3. The third kappa shape index (κ3) is 4.88. The Morgan fingerprint density at radius 3 is 1.82 bits per heavy atom. The molecule has 0 N–H and O–H groups in total. The van der Waals surface area contributed by atoms with Gasteiger partial charge in [0.05, 0.1) is 22.9 Å². The van der Waals surface area contributed by atoms with E-state index in [0.717, 1.165) is 55.8 Å². The lowest BCUT2D eigenvalue weighted by molar-refractivity contribution is 0.667. The summed E-state index contributed by atoms with van der Waals surface area (Å²) in [6, 6.07) is 62.6. The molecule has 7 aromatic carbocycles. The van der Waals surface area contributed by atoms with Crippen LogP contribution in [0.15, 0.2) is 193 Å². The number of anilines is 3. The van der Waals surface area contributed by atoms with Crippen LogP contribution < -0.4 is 4.90 Å². The van der Waals surface area contributed by atoms with Crippen LogP contribution in [0, 0.1) is 0 Å². The summed E-state index contributed by atoms with van der Waals surface area (Å²) in [6.45, 7) is 0. The molecule has 0 spiro atoms. The third-order valence-corrected chi connectivity index (χ3v) is 9.90. The summed E-state index contributed by atoms with van der Waals surface area (Å²) < 4.78 is 8.87. The van der Waals surface area contributed by atoms with Crippen LogP contribution in [-0.4, -0.2) is 9.55 Å². The minimum absolute atomic E-state index is 0.774. The summed E-state index contributed by atoms with van der Waals surface area (Å²) in [5.41, 5.74) is 12.8. The van der Waals surface area contributed by atoms with Crippen LogP contribution in [0.5, 0.6) is 0 Å². The highest BCUT2D eigenvalue weighted by molar-refractivity contribution is 6.10. The number of hydrogen-bond acceptors (Lipinski definition) is 3. The largest absolute Gasteiger partial charge is 0.452 e. The van der Waals surface area contributed by atoms with Gasteiger partial charge in [0.15, 0.2) is 11.2 Å². The van der Waals surface area contributed by atoms with Gasteiger partial charge in [-0.05, 0) is 82.9 Å². The Kier molecular flexibility index (Phi) is 6.78. The zero-order valence-electron chi connectivity index (χ0n) is 27.6. The van der Waals surface area contributed by atoms with E-state index in [2.05, 4.69) is 178 Å². The van der Waals surface area contributed by atoms with Crippen LogP contribution in [0.2, 0.25) is 0 Å². The van der Waals surface area contributed by atoms with Crippen LogP contribution >= 0.6 is 0 Å². The van der Waals surface area contributed by atoms with E-state index in [1.54, 1.807) is 6.20 Å². The van der Waals surface area contributed by atoms with Crippen LogP contribution in [0.4, 0.5) is 17.1 Å². The lowest BCUT2D eigenvalue weighted by atomic mass is 10.0. The maximum atomic E-state index is 6.52. The zero-order valence-corrected chi connectivity index (χ0v) is 27.6. The Morgan fingerprint density at radius 1 is 0.451 bits per heavy atom. The molecule has 4 heteroatoms. The van der Waals surface area contributed by atoms with E-state index >= 15 is 0 Å². The Balaban J connectivity index is 1.09. The van der Waals surface area contributed by atoms with Crippen molar-refractivity contribution in [1.82, 2.24) is 9.55 Å². The smallest absolute Gasteiger partial charge is 0.159 e. The van der Waals surface area contributed by atoms with Gasteiger partial charge >= 0.3 is 0 Å². The van der Waals surface area contributed by atoms with Crippen molar-refractivity contribution in [3.8, 4) is 27.9 Å². The Hall–Kier alpha value is -6.91. The number of fused-ring (bicyclic) bond motifs is 6. The molecular formula is C47H31N3O. The molecule has 4 nitrogen and oxygen atoms in total. The van der Waals surface area contributed by atoms with Crippen molar-refractivity contribution >= 4 is 60.8 Å². The number of benzene rings is 7. The summed E-state index contributed by atoms with van der Waals surface area (Å²) in [5.74, 6) is 0. The minimum Gasteiger partial charge on any atom is -0.452 e. The highest BCUT2D eigenvalue weighted by Gasteiger charge is 2.20. The van der Waals surface area contributed by atoms with E-state index in [-0.39, 0.29) is 0 Å². The second-order valence-corrected chi connectivity index (χ2v) is 12.8. The van der Waals surface area contributed by atoms with Crippen molar-refractivity contribution in [3.63, 3.8) is 0 Å². The fourth-order valence-corrected chi connectivity index (χ4v) is 7.50. The van der Waals surface area contributed by atoms with Crippen LogP contribution in [-0.2, 0) is 0 Å². The molecule has 0 aliphatic rings. The molecule has 3 heterocycles. The van der Waals surface area contributed by atoms with Crippen LogP contribution in [0.25, 0.3) is 71.7 Å². The number of hydrogen-bond donors (Lipinski definition) is 0. The summed E-state index contributed by atoms with van der Waals surface area (Å²) in [4.78, 5) is 6.62. The predicted molar refractivity (Wildman–Crippen MR) is 211 cm³/mol. The summed E-state index contributed by atoms with van der Waals surface area (Å²) in [7, 11) is 0. The number of nitrogens with zero attached hydrogens (tertiary/aromatic N) is 3. The molecule has 0 aliphatic carbocycles. The van der Waals surface area contributed by atoms with Gasteiger partial charge in [-0.15, -0.1) is 0 Å². The van der Waals surface area contributed by atoms with Gasteiger partial charge in [-0.3, -0.25) is 4.98 Å². The number of rotatable bonds is 6. The molecule has 51 heavy (non-hydrogen) atoms. The van der Waals surface area contributed by atoms with E-state index in [4.69, 9.17) is 4.42 Å². The number of aromatic nitrogens is 2. The van der Waals surface area contributed by atoms with Gasteiger partial charge in [0.1, 0.15) is 0 Å². The molecule has 0 amide bonds. The highest BCUT2D eigenvalue weighted by Crippen LogP contribution is 2.43. The minimum atomic E-state index is 0.774. The van der Waals surface area contributed by atoms with Crippen molar-refractivity contribution in [1.29, 1.82) is 0 Å². The lowest BCUT2D eigenvalue weighted by Crippen LogP contribution is -2.10. The fourth-order valence-electron chi connectivity index (χ4n) is 7.50. The van der Waals surface area contributed by atoms with Gasteiger partial charge in [0.25, 0.3) is 0 Å². The summed E-state index contributed by atoms with van der Waals surface area (Å²) in [5, 5.41) is 4.64. The van der Waals surface area contributed by atoms with Crippen molar-refractivity contribution < 1.29 is 4.42 Å². The van der Waals surface area contributed by atoms with Crippen molar-refractivity contribution in [2.24, 2.45) is 0 Å². The average Bonchev–Trinajstić information content (AvgIpc) is 3.76. The highest BCUT2D eigenvalue weighted by atomic mass is 16.3. The first-order chi connectivity index (χ1) is 25.3. The van der Waals surface area contributed by atoms with Gasteiger partial charge in [-0.25, -0.2) is 0 Å².